The van der Waals surface area contributed by atoms with Crippen LogP contribution in [0.15, 0.2) is 48.5 Å². The Hall–Kier alpha value is -3.34. The number of nitrogens with two attached hydrogens (primary N) is 1. The van der Waals surface area contributed by atoms with Crippen LogP contribution in [0, 0.1) is 13.8 Å². The van der Waals surface area contributed by atoms with Crippen molar-refractivity contribution in [3.05, 3.63) is 76.6 Å². The molecule has 1 aromatic heterocycles. The van der Waals surface area contributed by atoms with Crippen LogP contribution in [-0.2, 0) is 6.42 Å². The lowest BCUT2D eigenvalue weighted by Crippen LogP contribution is -2.15. The summed E-state index contributed by atoms with van der Waals surface area (Å²) in [6.07, 6.45) is 2.34. The van der Waals surface area contributed by atoms with E-state index in [2.05, 4.69) is 9.88 Å². The van der Waals surface area contributed by atoms with E-state index >= 15 is 0 Å². The van der Waals surface area contributed by atoms with Crippen LogP contribution in [0.1, 0.15) is 50.5 Å². The van der Waals surface area contributed by atoms with Gasteiger partial charge in [-0.3, -0.25) is 9.59 Å². The SMILES string of the molecule is Cc1c2c(n(-c3ccc(C(N)=O)c(Nc4ccccc4)c3)c1C)CCCC2=O. The Balaban J connectivity index is 1.86. The van der Waals surface area contributed by atoms with Gasteiger partial charge >= 0.3 is 0 Å². The number of carbonyl (C=O) groups is 2. The molecule has 3 aromatic rings. The van der Waals surface area contributed by atoms with Crippen molar-refractivity contribution in [3.63, 3.8) is 0 Å². The fourth-order valence-corrected chi connectivity index (χ4v) is 4.04. The van der Waals surface area contributed by atoms with Crippen LogP contribution >= 0.6 is 0 Å². The van der Waals surface area contributed by atoms with Gasteiger partial charge in [0.05, 0.1) is 11.3 Å². The molecule has 0 atom stereocenters. The Labute approximate surface area is 164 Å². The summed E-state index contributed by atoms with van der Waals surface area (Å²) in [6, 6.07) is 15.2. The molecular formula is C23H23N3O2. The summed E-state index contributed by atoms with van der Waals surface area (Å²) in [5.41, 5.74) is 12.5. The first-order valence-electron chi connectivity index (χ1n) is 9.47. The van der Waals surface area contributed by atoms with Gasteiger partial charge in [0.1, 0.15) is 0 Å². The minimum absolute atomic E-state index is 0.219. The molecule has 142 valence electrons. The summed E-state index contributed by atoms with van der Waals surface area (Å²) in [7, 11) is 0. The number of fused-ring (bicyclic) bond motifs is 1. The largest absolute Gasteiger partial charge is 0.366 e. The van der Waals surface area contributed by atoms with Gasteiger partial charge in [0.25, 0.3) is 5.91 Å². The summed E-state index contributed by atoms with van der Waals surface area (Å²) in [5.74, 6) is -0.264. The van der Waals surface area contributed by atoms with Crippen LogP contribution in [0.25, 0.3) is 5.69 Å². The highest BCUT2D eigenvalue weighted by atomic mass is 16.1. The molecule has 0 unspecified atom stereocenters. The van der Waals surface area contributed by atoms with Crippen LogP contribution in [0.2, 0.25) is 0 Å². The van der Waals surface area contributed by atoms with Gasteiger partial charge in [-0.2, -0.15) is 0 Å². The number of amides is 1. The molecule has 4 rings (SSSR count). The summed E-state index contributed by atoms with van der Waals surface area (Å²) in [4.78, 5) is 24.4. The summed E-state index contributed by atoms with van der Waals surface area (Å²) in [5, 5.41) is 3.30. The molecule has 5 heteroatoms. The van der Waals surface area contributed by atoms with Crippen molar-refractivity contribution in [1.29, 1.82) is 0 Å². The Bertz CT molecular complexity index is 1080. The first-order valence-corrected chi connectivity index (χ1v) is 9.47. The van der Waals surface area contributed by atoms with Gasteiger partial charge in [-0.1, -0.05) is 18.2 Å². The molecule has 0 aliphatic heterocycles. The van der Waals surface area contributed by atoms with Gasteiger partial charge in [-0.25, -0.2) is 0 Å². The molecule has 1 heterocycles. The van der Waals surface area contributed by atoms with E-state index in [1.165, 1.54) is 0 Å². The first-order chi connectivity index (χ1) is 13.5. The maximum absolute atomic E-state index is 12.5. The van der Waals surface area contributed by atoms with E-state index in [-0.39, 0.29) is 5.78 Å². The lowest BCUT2D eigenvalue weighted by Gasteiger charge is -2.18. The molecule has 28 heavy (non-hydrogen) atoms. The highest BCUT2D eigenvalue weighted by Gasteiger charge is 2.27. The molecule has 0 bridgehead atoms. The van der Waals surface area contributed by atoms with E-state index in [9.17, 15) is 9.59 Å². The van der Waals surface area contributed by atoms with Crippen LogP contribution in [0.4, 0.5) is 11.4 Å². The molecule has 0 spiro atoms. The van der Waals surface area contributed by atoms with Gasteiger partial charge in [-0.15, -0.1) is 0 Å². The molecule has 1 aliphatic rings. The number of aromatic nitrogens is 1. The van der Waals surface area contributed by atoms with E-state index in [0.29, 0.717) is 17.7 Å². The van der Waals surface area contributed by atoms with E-state index in [1.807, 2.05) is 56.3 Å². The number of ketones is 1. The number of nitrogens with zero attached hydrogens (tertiary/aromatic N) is 1. The van der Waals surface area contributed by atoms with Gasteiger partial charge in [0, 0.05) is 34.7 Å². The van der Waals surface area contributed by atoms with Crippen molar-refractivity contribution >= 4 is 23.1 Å². The highest BCUT2D eigenvalue weighted by Crippen LogP contribution is 2.33. The van der Waals surface area contributed by atoms with Gasteiger partial charge in [0.15, 0.2) is 5.78 Å². The quantitative estimate of drug-likeness (QED) is 0.709. The molecule has 0 fully saturated rings. The van der Waals surface area contributed by atoms with Crippen molar-refractivity contribution < 1.29 is 9.59 Å². The summed E-state index contributed by atoms with van der Waals surface area (Å²) < 4.78 is 2.14. The topological polar surface area (TPSA) is 77.1 Å². The van der Waals surface area contributed by atoms with Gasteiger partial charge in [0.2, 0.25) is 0 Å². The van der Waals surface area contributed by atoms with Crippen LogP contribution in [0.5, 0.6) is 0 Å². The zero-order chi connectivity index (χ0) is 19.8. The van der Waals surface area contributed by atoms with Crippen molar-refractivity contribution in [2.24, 2.45) is 5.73 Å². The third kappa shape index (κ3) is 2.99. The number of hydrogen-bond acceptors (Lipinski definition) is 3. The number of anilines is 2. The fraction of sp³-hybridized carbons (Fsp3) is 0.217. The van der Waals surface area contributed by atoms with Crippen LogP contribution in [0.3, 0.4) is 0 Å². The molecular weight excluding hydrogens is 350 g/mol. The standard InChI is InChI=1S/C23H23N3O2/c1-14-15(2)26(20-9-6-10-21(27)22(14)20)17-11-12-18(23(24)28)19(13-17)25-16-7-4-3-5-8-16/h3-5,7-8,11-13,25H,6,9-10H2,1-2H3,(H2,24,28). The predicted octanol–water partition coefficient (Wildman–Crippen LogP) is 4.46. The van der Waals surface area contributed by atoms with E-state index in [4.69, 9.17) is 5.73 Å². The molecule has 2 aromatic carbocycles. The normalized spacial score (nSPS) is 13.3. The van der Waals surface area contributed by atoms with Gasteiger partial charge < -0.3 is 15.6 Å². The average molecular weight is 373 g/mol. The number of carbonyl (C=O) groups excluding carboxylic acids is 2. The Morgan fingerprint density at radius 3 is 2.54 bits per heavy atom. The average Bonchev–Trinajstić information content (AvgIpc) is 2.94. The minimum atomic E-state index is -0.484. The number of hydrogen-bond donors (Lipinski definition) is 2. The Morgan fingerprint density at radius 1 is 1.07 bits per heavy atom. The van der Waals surface area contributed by atoms with Crippen molar-refractivity contribution in [2.45, 2.75) is 33.1 Å². The Morgan fingerprint density at radius 2 is 1.82 bits per heavy atom. The lowest BCUT2D eigenvalue weighted by molar-refractivity contribution is 0.0969. The second-order valence-corrected chi connectivity index (χ2v) is 7.23. The number of para-hydroxylation sites is 1. The molecule has 0 saturated heterocycles. The molecule has 1 amide bonds. The number of benzene rings is 2. The maximum atomic E-state index is 12.5. The predicted molar refractivity (Wildman–Crippen MR) is 111 cm³/mol. The van der Waals surface area contributed by atoms with E-state index in [0.717, 1.165) is 46.7 Å². The minimum Gasteiger partial charge on any atom is -0.366 e. The number of Topliss-reactive ketones (excluding diaryl/α,β-unsaturated/α-hetero) is 1. The Kier molecular flexibility index (Phi) is 4.51. The molecule has 1 aliphatic carbocycles. The number of primary amides is 1. The fourth-order valence-electron chi connectivity index (χ4n) is 4.04. The van der Waals surface area contributed by atoms with E-state index in [1.54, 1.807) is 6.07 Å². The molecule has 5 nitrogen and oxygen atoms in total. The van der Waals surface area contributed by atoms with Crippen molar-refractivity contribution in [2.75, 3.05) is 5.32 Å². The third-order valence-electron chi connectivity index (χ3n) is 5.49. The zero-order valence-corrected chi connectivity index (χ0v) is 16.1. The number of nitrogens with one attached hydrogen (secondary N) is 1. The first kappa shape index (κ1) is 18.0. The monoisotopic (exact) mass is 373 g/mol. The molecule has 0 saturated carbocycles. The maximum Gasteiger partial charge on any atom is 0.250 e. The zero-order valence-electron chi connectivity index (χ0n) is 16.1. The molecule has 0 radical (unpaired) electrons. The molecule has 3 N–H and O–H groups in total. The highest BCUT2D eigenvalue weighted by molar-refractivity contribution is 6.01. The lowest BCUT2D eigenvalue weighted by atomic mass is 9.94. The summed E-state index contributed by atoms with van der Waals surface area (Å²) >= 11 is 0. The van der Waals surface area contributed by atoms with Gasteiger partial charge in [-0.05, 0) is 62.6 Å². The van der Waals surface area contributed by atoms with Crippen LogP contribution < -0.4 is 11.1 Å². The van der Waals surface area contributed by atoms with Crippen molar-refractivity contribution in [1.82, 2.24) is 4.57 Å². The smallest absolute Gasteiger partial charge is 0.250 e. The van der Waals surface area contributed by atoms with Crippen molar-refractivity contribution in [3.8, 4) is 5.69 Å². The van der Waals surface area contributed by atoms with E-state index < -0.39 is 5.91 Å². The third-order valence-corrected chi connectivity index (χ3v) is 5.49. The number of rotatable bonds is 4. The summed E-state index contributed by atoms with van der Waals surface area (Å²) in [6.45, 7) is 4.04. The second-order valence-electron chi connectivity index (χ2n) is 7.23. The second kappa shape index (κ2) is 7.00. The van der Waals surface area contributed by atoms with Crippen LogP contribution in [-0.4, -0.2) is 16.3 Å².